The first-order valence-corrected chi connectivity index (χ1v) is 10.6. The monoisotopic (exact) mass is 434 g/mol. The van der Waals surface area contributed by atoms with E-state index in [0.29, 0.717) is 33.8 Å². The molecule has 6 rings (SSSR count). The van der Waals surface area contributed by atoms with Crippen LogP contribution in [0.25, 0.3) is 22.2 Å². The van der Waals surface area contributed by atoms with E-state index in [4.69, 9.17) is 4.52 Å². The Morgan fingerprint density at radius 3 is 2.53 bits per heavy atom. The van der Waals surface area contributed by atoms with Crippen molar-refractivity contribution in [2.75, 3.05) is 4.90 Å². The molecular weight excluding hydrogens is 414 g/mol. The Labute approximate surface area is 182 Å². The second-order valence-electron chi connectivity index (χ2n) is 8.67. The average molecular weight is 434 g/mol. The lowest BCUT2D eigenvalue weighted by molar-refractivity contribution is -0.131. The Hall–Kier alpha value is -3.55. The van der Waals surface area contributed by atoms with Crippen molar-refractivity contribution >= 4 is 22.6 Å². The van der Waals surface area contributed by atoms with Gasteiger partial charge in [0, 0.05) is 16.8 Å². The van der Waals surface area contributed by atoms with Crippen molar-refractivity contribution in [2.45, 2.75) is 32.7 Å². The number of aromatic nitrogens is 3. The van der Waals surface area contributed by atoms with Crippen LogP contribution in [0, 0.1) is 37.3 Å². The Bertz CT molecular complexity index is 1350. The van der Waals surface area contributed by atoms with E-state index in [1.54, 1.807) is 32.3 Å². The minimum absolute atomic E-state index is 0.0702. The fourth-order valence-corrected chi connectivity index (χ4v) is 5.00. The molecule has 2 aliphatic rings. The van der Waals surface area contributed by atoms with Gasteiger partial charge in [0.1, 0.15) is 17.4 Å². The molecule has 2 atom stereocenters. The lowest BCUT2D eigenvalue weighted by Crippen LogP contribution is -2.56. The van der Waals surface area contributed by atoms with Crippen LogP contribution in [0.15, 0.2) is 41.2 Å². The number of carbonyl (C=O) groups excluding carboxylic acids is 1. The number of imidazole rings is 1. The minimum Gasteiger partial charge on any atom is -0.361 e. The number of aromatic amines is 1. The van der Waals surface area contributed by atoms with Crippen molar-refractivity contribution in [3.05, 3.63) is 65.3 Å². The number of anilines is 1. The predicted octanol–water partition coefficient (Wildman–Crippen LogP) is 5.23. The molecule has 0 bridgehead atoms. The molecule has 162 valence electrons. The normalized spacial score (nSPS) is 20.8. The van der Waals surface area contributed by atoms with Gasteiger partial charge in [0.05, 0.1) is 35.0 Å². The Kier molecular flexibility index (Phi) is 4.02. The summed E-state index contributed by atoms with van der Waals surface area (Å²) in [6, 6.07) is 7.31. The quantitative estimate of drug-likeness (QED) is 0.447. The molecule has 1 N–H and O–H groups in total. The number of hydrogen-bond donors (Lipinski definition) is 1. The Balaban J connectivity index is 1.46. The van der Waals surface area contributed by atoms with Gasteiger partial charge in [-0.2, -0.15) is 0 Å². The van der Waals surface area contributed by atoms with E-state index in [0.717, 1.165) is 18.4 Å². The van der Waals surface area contributed by atoms with Crippen LogP contribution < -0.4 is 4.90 Å². The second kappa shape index (κ2) is 6.72. The van der Waals surface area contributed by atoms with Gasteiger partial charge in [-0.1, -0.05) is 5.16 Å². The maximum atomic E-state index is 15.5. The van der Waals surface area contributed by atoms with Gasteiger partial charge in [0.25, 0.3) is 0 Å². The molecule has 1 saturated carbocycles. The number of benzene rings is 2. The van der Waals surface area contributed by atoms with Crippen LogP contribution in [-0.2, 0) is 4.79 Å². The average Bonchev–Trinajstić information content (AvgIpc) is 3.34. The van der Waals surface area contributed by atoms with Gasteiger partial charge in [0.15, 0.2) is 0 Å². The molecule has 3 heterocycles. The highest BCUT2D eigenvalue weighted by molar-refractivity contribution is 6.04. The zero-order valence-electron chi connectivity index (χ0n) is 17.5. The second-order valence-corrected chi connectivity index (χ2v) is 8.67. The van der Waals surface area contributed by atoms with E-state index in [1.165, 1.54) is 17.0 Å². The molecule has 1 aliphatic heterocycles. The fraction of sp³-hybridized carbons (Fsp3) is 0.292. The third-order valence-corrected chi connectivity index (χ3v) is 6.65. The van der Waals surface area contributed by atoms with Gasteiger partial charge < -0.3 is 14.4 Å². The van der Waals surface area contributed by atoms with Gasteiger partial charge in [-0.15, -0.1) is 0 Å². The van der Waals surface area contributed by atoms with Crippen molar-refractivity contribution in [1.82, 2.24) is 15.1 Å². The highest BCUT2D eigenvalue weighted by atomic mass is 19.1. The summed E-state index contributed by atoms with van der Waals surface area (Å²) < 4.78 is 36.1. The number of amides is 1. The molecular formula is C24H20F2N4O2. The summed E-state index contributed by atoms with van der Waals surface area (Å²) in [5.74, 6) is -1.20. The summed E-state index contributed by atoms with van der Waals surface area (Å²) in [4.78, 5) is 21.9. The standard InChI is InChI=1S/C24H20F2N4O2/c1-11-20(12(2)32-29-11)14-7-16(25)22(17(26)8-14)23-21(13-3-4-13)24(31)30(23)15-5-6-18-19(9-15)28-10-27-18/h5-10,13,21,23H,3-4H2,1-2H3,(H,27,28)/t21-,23-/m1/s1. The topological polar surface area (TPSA) is 75.0 Å². The zero-order chi connectivity index (χ0) is 22.1. The van der Waals surface area contributed by atoms with Gasteiger partial charge in [0.2, 0.25) is 5.91 Å². The molecule has 1 amide bonds. The van der Waals surface area contributed by atoms with Crippen LogP contribution >= 0.6 is 0 Å². The van der Waals surface area contributed by atoms with E-state index in [2.05, 4.69) is 15.1 Å². The van der Waals surface area contributed by atoms with Crippen molar-refractivity contribution < 1.29 is 18.1 Å². The predicted molar refractivity (Wildman–Crippen MR) is 114 cm³/mol. The van der Waals surface area contributed by atoms with Gasteiger partial charge in [-0.25, -0.2) is 13.8 Å². The van der Waals surface area contributed by atoms with Crippen LogP contribution in [0.4, 0.5) is 14.5 Å². The summed E-state index contributed by atoms with van der Waals surface area (Å²) in [6.07, 6.45) is 3.38. The van der Waals surface area contributed by atoms with Crippen molar-refractivity contribution in [3.63, 3.8) is 0 Å². The number of nitrogens with zero attached hydrogens (tertiary/aromatic N) is 3. The van der Waals surface area contributed by atoms with Crippen molar-refractivity contribution in [1.29, 1.82) is 0 Å². The number of nitrogens with one attached hydrogen (secondary N) is 1. The summed E-state index contributed by atoms with van der Waals surface area (Å²) in [6.45, 7) is 3.44. The summed E-state index contributed by atoms with van der Waals surface area (Å²) >= 11 is 0. The molecule has 0 unspecified atom stereocenters. The van der Waals surface area contributed by atoms with E-state index < -0.39 is 23.6 Å². The van der Waals surface area contributed by atoms with Crippen LogP contribution in [0.5, 0.6) is 0 Å². The van der Waals surface area contributed by atoms with E-state index in [9.17, 15) is 4.79 Å². The van der Waals surface area contributed by atoms with Crippen molar-refractivity contribution in [2.24, 2.45) is 11.8 Å². The number of aryl methyl sites for hydroxylation is 2. The number of carbonyl (C=O) groups is 1. The van der Waals surface area contributed by atoms with Crippen LogP contribution in [-0.4, -0.2) is 21.0 Å². The molecule has 2 aromatic heterocycles. The van der Waals surface area contributed by atoms with E-state index >= 15 is 8.78 Å². The SMILES string of the molecule is Cc1noc(C)c1-c1cc(F)c([C@H]2[C@@H](C3CC3)C(=O)N2c2ccc3[nH]cnc3c2)c(F)c1. The van der Waals surface area contributed by atoms with Crippen LogP contribution in [0.2, 0.25) is 0 Å². The Morgan fingerprint density at radius 2 is 1.88 bits per heavy atom. The number of fused-ring (bicyclic) bond motifs is 1. The largest absolute Gasteiger partial charge is 0.361 e. The summed E-state index contributed by atoms with van der Waals surface area (Å²) in [5.41, 5.74) is 3.57. The molecule has 0 spiro atoms. The highest BCUT2D eigenvalue weighted by Crippen LogP contribution is 2.55. The molecule has 0 radical (unpaired) electrons. The first-order valence-electron chi connectivity index (χ1n) is 10.6. The number of rotatable bonds is 4. The lowest BCUT2D eigenvalue weighted by atomic mass is 9.77. The molecule has 6 nitrogen and oxygen atoms in total. The first-order chi connectivity index (χ1) is 15.4. The van der Waals surface area contributed by atoms with Gasteiger partial charge >= 0.3 is 0 Å². The molecule has 2 aromatic carbocycles. The minimum atomic E-state index is -0.690. The molecule has 8 heteroatoms. The molecule has 1 saturated heterocycles. The highest BCUT2D eigenvalue weighted by Gasteiger charge is 2.56. The number of halogens is 2. The molecule has 2 fully saturated rings. The molecule has 32 heavy (non-hydrogen) atoms. The number of β-lactam (4-membered cyclic amide) rings is 1. The number of H-pyrrole nitrogens is 1. The van der Waals surface area contributed by atoms with E-state index in [1.807, 2.05) is 6.07 Å². The van der Waals surface area contributed by atoms with Crippen LogP contribution in [0.3, 0.4) is 0 Å². The molecule has 1 aliphatic carbocycles. The lowest BCUT2D eigenvalue weighted by Gasteiger charge is -2.48. The summed E-state index contributed by atoms with van der Waals surface area (Å²) in [7, 11) is 0. The number of hydrogen-bond acceptors (Lipinski definition) is 4. The van der Waals surface area contributed by atoms with E-state index in [-0.39, 0.29) is 17.4 Å². The Morgan fingerprint density at radius 1 is 1.12 bits per heavy atom. The van der Waals surface area contributed by atoms with Gasteiger partial charge in [-0.05, 0) is 68.5 Å². The maximum Gasteiger partial charge on any atom is 0.233 e. The van der Waals surface area contributed by atoms with Gasteiger partial charge in [-0.3, -0.25) is 4.79 Å². The van der Waals surface area contributed by atoms with Crippen molar-refractivity contribution in [3.8, 4) is 11.1 Å². The maximum absolute atomic E-state index is 15.5. The smallest absolute Gasteiger partial charge is 0.233 e. The third kappa shape index (κ3) is 2.71. The molecule has 4 aromatic rings. The first kappa shape index (κ1) is 19.2. The fourth-order valence-electron chi connectivity index (χ4n) is 5.00. The van der Waals surface area contributed by atoms with Crippen LogP contribution in [0.1, 0.15) is 35.9 Å². The third-order valence-electron chi connectivity index (χ3n) is 6.65. The summed E-state index contributed by atoms with van der Waals surface area (Å²) in [5, 5.41) is 3.88. The zero-order valence-corrected chi connectivity index (χ0v) is 17.5.